The van der Waals surface area contributed by atoms with Crippen LogP contribution in [0.5, 0.6) is 0 Å². The fraction of sp³-hybridized carbons (Fsp3) is 0.417. The number of thiazole rings is 1. The summed E-state index contributed by atoms with van der Waals surface area (Å²) in [6.45, 7) is 50.9. The van der Waals surface area contributed by atoms with Gasteiger partial charge in [-0.2, -0.15) is 0 Å². The smallest absolute Gasteiger partial charge is 0.181 e. The molecule has 56 heavy (non-hydrogen) atoms. The van der Waals surface area contributed by atoms with Gasteiger partial charge in [0.25, 0.3) is 0 Å². The maximum absolute atomic E-state index is 5.24. The summed E-state index contributed by atoms with van der Waals surface area (Å²) in [7, 11) is 0. The molecule has 5 rings (SSSR count). The van der Waals surface area contributed by atoms with E-state index in [0.29, 0.717) is 0 Å². The number of rotatable bonds is 5. The zero-order valence-electron chi connectivity index (χ0n) is 37.1. The third-order valence-corrected chi connectivity index (χ3v) is 9.47. The molecule has 0 fully saturated rings. The largest absolute Gasteiger partial charge is 0.447 e. The summed E-state index contributed by atoms with van der Waals surface area (Å²) < 4.78 is 5.24. The van der Waals surface area contributed by atoms with Crippen LogP contribution < -0.4 is 0 Å². The number of aromatic amines is 2. The van der Waals surface area contributed by atoms with Crippen LogP contribution in [-0.2, 0) is 27.1 Å². The minimum absolute atomic E-state index is 0.0139. The molecule has 0 unspecified atom stereocenters. The number of nitrogens with one attached hydrogen (secondary N) is 2. The fourth-order valence-electron chi connectivity index (χ4n) is 5.21. The van der Waals surface area contributed by atoms with Crippen molar-refractivity contribution in [2.75, 3.05) is 0 Å². The average molecular weight is 779 g/mol. The predicted molar refractivity (Wildman–Crippen MR) is 246 cm³/mol. The van der Waals surface area contributed by atoms with E-state index in [1.165, 1.54) is 22.4 Å². The lowest BCUT2D eigenvalue weighted by atomic mass is 9.87. The van der Waals surface area contributed by atoms with Gasteiger partial charge in [0.2, 0.25) is 0 Å². The minimum atomic E-state index is 0.0139. The van der Waals surface area contributed by atoms with Gasteiger partial charge in [0.15, 0.2) is 6.39 Å². The van der Waals surface area contributed by atoms with Crippen LogP contribution >= 0.6 is 11.3 Å². The highest BCUT2D eigenvalue weighted by Gasteiger charge is 2.22. The van der Waals surface area contributed by atoms with E-state index in [2.05, 4.69) is 179 Å². The predicted octanol–water partition coefficient (Wildman–Crippen LogP) is 14.0. The summed E-state index contributed by atoms with van der Waals surface area (Å²) in [5.41, 5.74) is 11.3. The molecule has 5 heterocycles. The highest BCUT2D eigenvalue weighted by molar-refractivity contribution is 7.10. The lowest BCUT2D eigenvalue weighted by Crippen LogP contribution is -2.13. The number of pyridine rings is 1. The molecule has 2 N–H and O–H groups in total. The number of nitrogens with zero attached hydrogens (tertiary/aromatic N) is 4. The van der Waals surface area contributed by atoms with E-state index in [0.717, 1.165) is 39.9 Å². The van der Waals surface area contributed by atoms with Crippen LogP contribution in [-0.4, -0.2) is 29.9 Å². The van der Waals surface area contributed by atoms with Crippen LogP contribution in [0.15, 0.2) is 86.1 Å². The molecule has 5 aromatic heterocycles. The number of hydrogen-bond acceptors (Lipinski definition) is 6. The van der Waals surface area contributed by atoms with Crippen LogP contribution in [0.25, 0.3) is 30.4 Å². The quantitative estimate of drug-likeness (QED) is 0.185. The third kappa shape index (κ3) is 15.7. The van der Waals surface area contributed by atoms with E-state index in [-0.39, 0.29) is 27.1 Å². The van der Waals surface area contributed by atoms with Crippen molar-refractivity contribution in [3.05, 3.63) is 138 Å². The number of H-pyrrole nitrogens is 2. The maximum Gasteiger partial charge on any atom is 0.181 e. The van der Waals surface area contributed by atoms with E-state index in [1.807, 2.05) is 36.1 Å². The van der Waals surface area contributed by atoms with Crippen molar-refractivity contribution >= 4 is 41.7 Å². The summed E-state index contributed by atoms with van der Waals surface area (Å²) in [5.74, 6) is 0.896. The van der Waals surface area contributed by atoms with Gasteiger partial charge in [-0.25, -0.2) is 15.0 Å². The Balaban J connectivity index is 0.000000350. The van der Waals surface area contributed by atoms with Crippen LogP contribution in [0.1, 0.15) is 160 Å². The van der Waals surface area contributed by atoms with Gasteiger partial charge < -0.3 is 14.4 Å². The third-order valence-electron chi connectivity index (χ3n) is 8.20. The molecule has 0 aliphatic rings. The zero-order chi connectivity index (χ0) is 43.1. The van der Waals surface area contributed by atoms with E-state index in [9.17, 15) is 0 Å². The van der Waals surface area contributed by atoms with E-state index >= 15 is 0 Å². The number of hydrogen-bond donors (Lipinski definition) is 2. The van der Waals surface area contributed by atoms with Crippen LogP contribution in [0.3, 0.4) is 0 Å². The molecule has 0 radical (unpaired) electrons. The highest BCUT2D eigenvalue weighted by atomic mass is 32.1. The van der Waals surface area contributed by atoms with Crippen LogP contribution in [0.2, 0.25) is 0 Å². The first-order valence-electron chi connectivity index (χ1n) is 18.9. The van der Waals surface area contributed by atoms with Gasteiger partial charge >= 0.3 is 0 Å². The summed E-state index contributed by atoms with van der Waals surface area (Å²) in [6, 6.07) is 6.23. The Morgan fingerprint density at radius 3 is 1.59 bits per heavy atom. The minimum Gasteiger partial charge on any atom is -0.447 e. The van der Waals surface area contributed by atoms with Crippen molar-refractivity contribution in [2.45, 2.75) is 131 Å². The molecule has 0 bridgehead atoms. The first kappa shape index (κ1) is 49.2. The van der Waals surface area contributed by atoms with Gasteiger partial charge in [0.05, 0.1) is 28.9 Å². The lowest BCUT2D eigenvalue weighted by molar-refractivity contribution is 0.407. The van der Waals surface area contributed by atoms with E-state index < -0.39 is 0 Å². The Morgan fingerprint density at radius 1 is 0.589 bits per heavy atom. The molecular formula is C48H70N6OS. The molecular weight excluding hydrogens is 709 g/mol. The number of aromatic nitrogens is 6. The molecule has 0 aromatic carbocycles. The molecule has 7 nitrogen and oxygen atoms in total. The molecule has 0 atom stereocenters. The summed E-state index contributed by atoms with van der Waals surface area (Å²) in [5, 5.41) is 0. The standard InChI is InChI=1S/C11H15N.C10H15N.C9H14N2.C9H13NO.C9H13NS/c1-5-10-8-9(6-7-12-10)11(2,3)4;1-5-9-8(6-7-11-9)10(2,3)4;3*1-5-7-8(9(2,3)4)11-6-10-7/h5-8H,1H2,2-4H3;5-7,11H,1H2,2-4H3;5-6H,1H2,2-4H3,(H,10,11);2*5-6H,1H2,2-4H3. The monoisotopic (exact) mass is 779 g/mol. The van der Waals surface area contributed by atoms with Crippen molar-refractivity contribution in [1.82, 2.24) is 29.9 Å². The summed E-state index contributed by atoms with van der Waals surface area (Å²) in [4.78, 5) is 24.1. The van der Waals surface area contributed by atoms with Gasteiger partial charge in [-0.15, -0.1) is 11.3 Å². The zero-order valence-corrected chi connectivity index (χ0v) is 38.0. The highest BCUT2D eigenvalue weighted by Crippen LogP contribution is 2.30. The molecule has 0 saturated carbocycles. The number of oxazole rings is 1. The van der Waals surface area contributed by atoms with Crippen molar-refractivity contribution < 1.29 is 4.42 Å². The van der Waals surface area contributed by atoms with Gasteiger partial charge in [-0.3, -0.25) is 4.98 Å². The van der Waals surface area contributed by atoms with E-state index in [4.69, 9.17) is 4.42 Å². The van der Waals surface area contributed by atoms with Crippen molar-refractivity contribution in [3.63, 3.8) is 0 Å². The maximum atomic E-state index is 5.24. The normalized spacial score (nSPS) is 11.5. The second-order valence-electron chi connectivity index (χ2n) is 18.3. The lowest BCUT2D eigenvalue weighted by Gasteiger charge is -2.18. The second kappa shape index (κ2) is 20.9. The fourth-order valence-corrected chi connectivity index (χ4v) is 6.10. The Bertz CT molecular complexity index is 1740. The molecule has 5 aromatic rings. The van der Waals surface area contributed by atoms with Crippen molar-refractivity contribution in [3.8, 4) is 0 Å². The van der Waals surface area contributed by atoms with Crippen molar-refractivity contribution in [1.29, 1.82) is 0 Å². The first-order chi connectivity index (χ1) is 25.8. The molecule has 8 heteroatoms. The van der Waals surface area contributed by atoms with Gasteiger partial charge in [-0.05, 0) is 76.0 Å². The SMILES string of the molecule is C=Cc1[nH]ccc1C(C)(C)C.C=Cc1cc(C(C)(C)C)ccn1.C=Cc1nc[nH]c1C(C)(C)C.C=Cc1ncoc1C(C)(C)C.C=Cc1ncsc1C(C)(C)C. The molecule has 0 amide bonds. The molecule has 304 valence electrons. The molecule has 0 saturated heterocycles. The molecule has 0 aliphatic heterocycles. The topological polar surface area (TPSA) is 96.3 Å². The average Bonchev–Trinajstić information content (AvgIpc) is 3.94. The van der Waals surface area contributed by atoms with Crippen LogP contribution in [0.4, 0.5) is 0 Å². The Kier molecular flexibility index (Phi) is 18.4. The summed E-state index contributed by atoms with van der Waals surface area (Å²) in [6.07, 6.45) is 15.9. The Labute approximate surface area is 343 Å². The van der Waals surface area contributed by atoms with Gasteiger partial charge in [0.1, 0.15) is 11.5 Å². The second-order valence-corrected chi connectivity index (χ2v) is 19.2. The van der Waals surface area contributed by atoms with Crippen LogP contribution in [0, 0.1) is 0 Å². The Hall–Kier alpha value is -4.82. The number of imidazole rings is 1. The van der Waals surface area contributed by atoms with Gasteiger partial charge in [-0.1, -0.05) is 137 Å². The first-order valence-corrected chi connectivity index (χ1v) is 19.8. The van der Waals surface area contributed by atoms with E-state index in [1.54, 1.807) is 35.9 Å². The van der Waals surface area contributed by atoms with Crippen molar-refractivity contribution in [2.24, 2.45) is 0 Å². The Morgan fingerprint density at radius 2 is 1.20 bits per heavy atom. The molecule has 0 aliphatic carbocycles. The molecule has 0 spiro atoms. The van der Waals surface area contributed by atoms with Gasteiger partial charge in [0, 0.05) is 39.5 Å². The summed E-state index contributed by atoms with van der Waals surface area (Å²) >= 11 is 1.70.